The van der Waals surface area contributed by atoms with Crippen LogP contribution >= 0.6 is 0 Å². The summed E-state index contributed by atoms with van der Waals surface area (Å²) in [7, 11) is 1.67. The fraction of sp³-hybridized carbons (Fsp3) is 0.429. The van der Waals surface area contributed by atoms with Gasteiger partial charge in [-0.2, -0.15) is 5.26 Å². The SMILES string of the molecule is Cc1ccc(OCC(=O)N(C)CCC#N)c(C)c1. The van der Waals surface area contributed by atoms with Gasteiger partial charge in [0.05, 0.1) is 12.5 Å². The predicted octanol–water partition coefficient (Wildman–Crippen LogP) is 2.05. The lowest BCUT2D eigenvalue weighted by Gasteiger charge is -2.16. The van der Waals surface area contributed by atoms with Crippen LogP contribution in [0.25, 0.3) is 0 Å². The molecule has 4 nitrogen and oxygen atoms in total. The van der Waals surface area contributed by atoms with Crippen LogP contribution in [0.4, 0.5) is 0 Å². The maximum absolute atomic E-state index is 11.7. The highest BCUT2D eigenvalue weighted by molar-refractivity contribution is 5.77. The largest absolute Gasteiger partial charge is 0.484 e. The van der Waals surface area contributed by atoms with Crippen molar-refractivity contribution in [2.75, 3.05) is 20.2 Å². The highest BCUT2D eigenvalue weighted by Gasteiger charge is 2.09. The fourth-order valence-electron chi connectivity index (χ4n) is 1.55. The topological polar surface area (TPSA) is 53.3 Å². The minimum absolute atomic E-state index is 0.00578. The molecule has 0 aliphatic rings. The van der Waals surface area contributed by atoms with Gasteiger partial charge in [-0.1, -0.05) is 17.7 Å². The molecular weight excluding hydrogens is 228 g/mol. The van der Waals surface area contributed by atoms with Crippen LogP contribution in [0.15, 0.2) is 18.2 Å². The molecule has 0 atom stereocenters. The average molecular weight is 246 g/mol. The summed E-state index contributed by atoms with van der Waals surface area (Å²) in [5.74, 6) is 0.604. The van der Waals surface area contributed by atoms with Crippen molar-refractivity contribution in [3.05, 3.63) is 29.3 Å². The van der Waals surface area contributed by atoms with Crippen molar-refractivity contribution in [3.8, 4) is 11.8 Å². The number of benzene rings is 1. The summed E-state index contributed by atoms with van der Waals surface area (Å²) in [4.78, 5) is 13.2. The predicted molar refractivity (Wildman–Crippen MR) is 69.3 cm³/mol. The third-order valence-electron chi connectivity index (χ3n) is 2.67. The van der Waals surface area contributed by atoms with Gasteiger partial charge in [0, 0.05) is 13.6 Å². The molecule has 0 heterocycles. The van der Waals surface area contributed by atoms with Gasteiger partial charge in [-0.05, 0) is 25.5 Å². The van der Waals surface area contributed by atoms with Gasteiger partial charge in [-0.3, -0.25) is 4.79 Å². The highest BCUT2D eigenvalue weighted by Crippen LogP contribution is 2.18. The molecule has 0 aliphatic heterocycles. The summed E-state index contributed by atoms with van der Waals surface area (Å²) >= 11 is 0. The molecule has 0 aliphatic carbocycles. The van der Waals surface area contributed by atoms with Crippen molar-refractivity contribution in [2.24, 2.45) is 0 Å². The zero-order valence-corrected chi connectivity index (χ0v) is 11.1. The lowest BCUT2D eigenvalue weighted by molar-refractivity contribution is -0.131. The first-order chi connectivity index (χ1) is 8.54. The van der Waals surface area contributed by atoms with Crippen LogP contribution in [-0.2, 0) is 4.79 Å². The van der Waals surface area contributed by atoms with Gasteiger partial charge < -0.3 is 9.64 Å². The van der Waals surface area contributed by atoms with E-state index in [9.17, 15) is 4.79 Å². The molecule has 0 unspecified atom stereocenters. The van der Waals surface area contributed by atoms with E-state index < -0.39 is 0 Å². The number of amides is 1. The molecule has 18 heavy (non-hydrogen) atoms. The van der Waals surface area contributed by atoms with E-state index in [1.54, 1.807) is 7.05 Å². The normalized spacial score (nSPS) is 9.67. The molecule has 1 amide bonds. The quantitative estimate of drug-likeness (QED) is 0.799. The smallest absolute Gasteiger partial charge is 0.260 e. The number of nitriles is 1. The van der Waals surface area contributed by atoms with Gasteiger partial charge in [0.1, 0.15) is 5.75 Å². The van der Waals surface area contributed by atoms with Crippen LogP contribution in [0, 0.1) is 25.2 Å². The Morgan fingerprint density at radius 3 is 2.78 bits per heavy atom. The molecule has 0 N–H and O–H groups in total. The molecule has 0 fully saturated rings. The van der Waals surface area contributed by atoms with E-state index in [0.29, 0.717) is 13.0 Å². The third kappa shape index (κ3) is 4.10. The van der Waals surface area contributed by atoms with Gasteiger partial charge in [0.2, 0.25) is 0 Å². The first-order valence-electron chi connectivity index (χ1n) is 5.85. The maximum Gasteiger partial charge on any atom is 0.260 e. The van der Waals surface area contributed by atoms with Crippen LogP contribution in [-0.4, -0.2) is 31.0 Å². The van der Waals surface area contributed by atoms with Gasteiger partial charge >= 0.3 is 0 Å². The Bertz CT molecular complexity index is 463. The summed E-state index contributed by atoms with van der Waals surface area (Å²) in [6, 6.07) is 7.84. The maximum atomic E-state index is 11.7. The van der Waals surface area contributed by atoms with E-state index in [4.69, 9.17) is 10.00 Å². The van der Waals surface area contributed by atoms with Crippen molar-refractivity contribution < 1.29 is 9.53 Å². The molecule has 1 aromatic rings. The minimum Gasteiger partial charge on any atom is -0.484 e. The number of aryl methyl sites for hydroxylation is 2. The van der Waals surface area contributed by atoms with E-state index in [2.05, 4.69) is 0 Å². The lowest BCUT2D eigenvalue weighted by atomic mass is 10.1. The van der Waals surface area contributed by atoms with Crippen molar-refractivity contribution in [1.29, 1.82) is 5.26 Å². The van der Waals surface area contributed by atoms with E-state index in [0.717, 1.165) is 16.9 Å². The fourth-order valence-corrected chi connectivity index (χ4v) is 1.55. The number of carbonyl (C=O) groups excluding carboxylic acids is 1. The molecule has 0 aromatic heterocycles. The van der Waals surface area contributed by atoms with Gasteiger partial charge in [0.15, 0.2) is 6.61 Å². The minimum atomic E-state index is -0.120. The van der Waals surface area contributed by atoms with Crippen molar-refractivity contribution >= 4 is 5.91 Å². The van der Waals surface area contributed by atoms with Crippen LogP contribution in [0.3, 0.4) is 0 Å². The van der Waals surface area contributed by atoms with Crippen molar-refractivity contribution in [1.82, 2.24) is 4.90 Å². The Kier molecular flexibility index (Phi) is 5.19. The number of likely N-dealkylation sites (N-methyl/N-ethyl adjacent to an activating group) is 1. The number of hydrogen-bond donors (Lipinski definition) is 0. The van der Waals surface area contributed by atoms with Crippen molar-refractivity contribution in [2.45, 2.75) is 20.3 Å². The molecule has 96 valence electrons. The standard InChI is InChI=1S/C14H18N2O2/c1-11-5-6-13(12(2)9-11)18-10-14(17)16(3)8-4-7-15/h5-6,9H,4,8,10H2,1-3H3. The Labute approximate surface area is 108 Å². The number of hydrogen-bond acceptors (Lipinski definition) is 3. The number of nitrogens with zero attached hydrogens (tertiary/aromatic N) is 2. The highest BCUT2D eigenvalue weighted by atomic mass is 16.5. The van der Waals surface area contributed by atoms with E-state index in [1.807, 2.05) is 38.1 Å². The van der Waals surface area contributed by atoms with Crippen LogP contribution < -0.4 is 4.74 Å². The van der Waals surface area contributed by atoms with Crippen LogP contribution in [0.1, 0.15) is 17.5 Å². The number of ether oxygens (including phenoxy) is 1. The zero-order valence-electron chi connectivity index (χ0n) is 11.1. The zero-order chi connectivity index (χ0) is 13.5. The summed E-state index contributed by atoms with van der Waals surface area (Å²) in [6.45, 7) is 4.40. The monoisotopic (exact) mass is 246 g/mol. The third-order valence-corrected chi connectivity index (χ3v) is 2.67. The number of rotatable bonds is 5. The van der Waals surface area contributed by atoms with E-state index in [-0.39, 0.29) is 12.5 Å². The molecule has 0 radical (unpaired) electrons. The lowest BCUT2D eigenvalue weighted by Crippen LogP contribution is -2.32. The van der Waals surface area contributed by atoms with Crippen LogP contribution in [0.5, 0.6) is 5.75 Å². The van der Waals surface area contributed by atoms with Gasteiger partial charge in [-0.25, -0.2) is 0 Å². The molecule has 0 saturated heterocycles. The molecule has 0 bridgehead atoms. The first-order valence-corrected chi connectivity index (χ1v) is 5.85. The second-order valence-electron chi connectivity index (χ2n) is 4.28. The molecule has 1 aromatic carbocycles. The molecule has 0 saturated carbocycles. The van der Waals surface area contributed by atoms with Crippen molar-refractivity contribution in [3.63, 3.8) is 0 Å². The summed E-state index contributed by atoms with van der Waals surface area (Å²) in [5.41, 5.74) is 2.18. The Morgan fingerprint density at radius 1 is 1.44 bits per heavy atom. The Hall–Kier alpha value is -2.02. The summed E-state index contributed by atoms with van der Waals surface area (Å²) in [5, 5.41) is 8.45. The Balaban J connectivity index is 2.50. The second kappa shape index (κ2) is 6.65. The molecule has 0 spiro atoms. The summed E-state index contributed by atoms with van der Waals surface area (Å²) in [6.07, 6.45) is 0.339. The van der Waals surface area contributed by atoms with E-state index >= 15 is 0 Å². The van der Waals surface area contributed by atoms with Gasteiger partial charge in [-0.15, -0.1) is 0 Å². The molecule has 4 heteroatoms. The van der Waals surface area contributed by atoms with Gasteiger partial charge in [0.25, 0.3) is 5.91 Å². The average Bonchev–Trinajstić information content (AvgIpc) is 2.34. The number of carbonyl (C=O) groups is 1. The second-order valence-corrected chi connectivity index (χ2v) is 4.28. The summed E-state index contributed by atoms with van der Waals surface area (Å²) < 4.78 is 5.48. The molecule has 1 rings (SSSR count). The van der Waals surface area contributed by atoms with Crippen LogP contribution in [0.2, 0.25) is 0 Å². The molecular formula is C14H18N2O2. The Morgan fingerprint density at radius 2 is 2.17 bits per heavy atom. The van der Waals surface area contributed by atoms with E-state index in [1.165, 1.54) is 4.90 Å². The first kappa shape index (κ1) is 14.0.